The lowest BCUT2D eigenvalue weighted by Gasteiger charge is -2.17. The molecule has 1 saturated carbocycles. The Bertz CT molecular complexity index is 801. The molecule has 25 heavy (non-hydrogen) atoms. The van der Waals surface area contributed by atoms with E-state index in [2.05, 4.69) is 6.07 Å². The Labute approximate surface area is 147 Å². The molecule has 5 heteroatoms. The molecule has 0 aliphatic heterocycles. The van der Waals surface area contributed by atoms with Crippen LogP contribution in [0.3, 0.4) is 0 Å². The molecule has 5 nitrogen and oxygen atoms in total. The minimum Gasteiger partial charge on any atom is -0.497 e. The standard InChI is InChI=1S/C20H23NO4/c1-13-8-18(13)20(23)25-12-19(22)21(2)11-14-4-5-16-10-17(24-3)7-6-15(16)9-14/h4-7,9-10,13,18H,8,11-12H2,1-3H3/t13-,18-/m0/s1. The van der Waals surface area contributed by atoms with Gasteiger partial charge in [-0.15, -0.1) is 0 Å². The first kappa shape index (κ1) is 17.3. The number of likely N-dealkylation sites (N-methyl/N-ethyl adjacent to an activating group) is 1. The van der Waals surface area contributed by atoms with Gasteiger partial charge in [0.1, 0.15) is 5.75 Å². The zero-order chi connectivity index (χ0) is 18.0. The van der Waals surface area contributed by atoms with Crippen molar-refractivity contribution in [2.45, 2.75) is 19.9 Å². The molecule has 1 aliphatic rings. The van der Waals surface area contributed by atoms with Crippen molar-refractivity contribution in [1.82, 2.24) is 4.90 Å². The highest BCUT2D eigenvalue weighted by molar-refractivity contribution is 5.85. The van der Waals surface area contributed by atoms with E-state index >= 15 is 0 Å². The smallest absolute Gasteiger partial charge is 0.309 e. The molecule has 3 rings (SSSR count). The van der Waals surface area contributed by atoms with Crippen LogP contribution in [0.2, 0.25) is 0 Å². The maximum absolute atomic E-state index is 12.2. The number of nitrogens with zero attached hydrogens (tertiary/aromatic N) is 1. The largest absolute Gasteiger partial charge is 0.497 e. The third kappa shape index (κ3) is 4.10. The van der Waals surface area contributed by atoms with Crippen molar-refractivity contribution in [1.29, 1.82) is 0 Å². The lowest BCUT2D eigenvalue weighted by Crippen LogP contribution is -2.31. The number of hydrogen-bond acceptors (Lipinski definition) is 4. The Balaban J connectivity index is 1.58. The second kappa shape index (κ2) is 7.13. The van der Waals surface area contributed by atoms with E-state index in [-0.39, 0.29) is 24.4 Å². The van der Waals surface area contributed by atoms with Crippen molar-refractivity contribution in [2.24, 2.45) is 11.8 Å². The van der Waals surface area contributed by atoms with E-state index in [1.165, 1.54) is 0 Å². The molecule has 1 fully saturated rings. The molecule has 0 heterocycles. The number of rotatable bonds is 6. The number of ether oxygens (including phenoxy) is 2. The molecule has 0 bridgehead atoms. The molecule has 0 N–H and O–H groups in total. The van der Waals surface area contributed by atoms with E-state index < -0.39 is 0 Å². The van der Waals surface area contributed by atoms with Gasteiger partial charge in [0.05, 0.1) is 13.0 Å². The molecule has 2 aromatic carbocycles. The molecular formula is C20H23NO4. The lowest BCUT2D eigenvalue weighted by molar-refractivity contribution is -0.153. The molecule has 0 unspecified atom stereocenters. The number of fused-ring (bicyclic) bond motifs is 1. The van der Waals surface area contributed by atoms with E-state index in [1.807, 2.05) is 37.3 Å². The summed E-state index contributed by atoms with van der Waals surface area (Å²) in [4.78, 5) is 25.4. The fourth-order valence-corrected chi connectivity index (χ4v) is 2.86. The van der Waals surface area contributed by atoms with Gasteiger partial charge in [-0.3, -0.25) is 9.59 Å². The maximum atomic E-state index is 12.2. The maximum Gasteiger partial charge on any atom is 0.309 e. The number of benzene rings is 2. The summed E-state index contributed by atoms with van der Waals surface area (Å²) >= 11 is 0. The Morgan fingerprint density at radius 2 is 1.84 bits per heavy atom. The van der Waals surface area contributed by atoms with Crippen molar-refractivity contribution >= 4 is 22.6 Å². The van der Waals surface area contributed by atoms with Crippen molar-refractivity contribution in [3.05, 3.63) is 42.0 Å². The summed E-state index contributed by atoms with van der Waals surface area (Å²) in [6.45, 7) is 2.29. The van der Waals surface area contributed by atoms with Gasteiger partial charge in [0, 0.05) is 13.6 Å². The molecule has 0 radical (unpaired) electrons. The van der Waals surface area contributed by atoms with Gasteiger partial charge in [-0.2, -0.15) is 0 Å². The van der Waals surface area contributed by atoms with Gasteiger partial charge in [0.15, 0.2) is 6.61 Å². The van der Waals surface area contributed by atoms with Gasteiger partial charge < -0.3 is 14.4 Å². The van der Waals surface area contributed by atoms with Crippen LogP contribution in [0.4, 0.5) is 0 Å². The molecular weight excluding hydrogens is 318 g/mol. The fourth-order valence-electron chi connectivity index (χ4n) is 2.86. The average molecular weight is 341 g/mol. The summed E-state index contributed by atoms with van der Waals surface area (Å²) in [7, 11) is 3.36. The van der Waals surface area contributed by atoms with Crippen molar-refractivity contribution in [3.8, 4) is 5.75 Å². The normalized spacial score (nSPS) is 18.7. The molecule has 1 aliphatic carbocycles. The summed E-state index contributed by atoms with van der Waals surface area (Å²) in [6, 6.07) is 11.9. The Morgan fingerprint density at radius 1 is 1.16 bits per heavy atom. The van der Waals surface area contributed by atoms with Gasteiger partial charge in [-0.25, -0.2) is 0 Å². The number of methoxy groups -OCH3 is 1. The van der Waals surface area contributed by atoms with Gasteiger partial charge in [0.2, 0.25) is 0 Å². The summed E-state index contributed by atoms with van der Waals surface area (Å²) in [6.07, 6.45) is 0.866. The van der Waals surface area contributed by atoms with Crippen LogP contribution in [0.5, 0.6) is 5.75 Å². The van der Waals surface area contributed by atoms with Crippen LogP contribution >= 0.6 is 0 Å². The van der Waals surface area contributed by atoms with Crippen LogP contribution in [0, 0.1) is 11.8 Å². The second-order valence-corrected chi connectivity index (χ2v) is 6.72. The zero-order valence-electron chi connectivity index (χ0n) is 14.8. The van der Waals surface area contributed by atoms with E-state index in [1.54, 1.807) is 19.1 Å². The highest BCUT2D eigenvalue weighted by Crippen LogP contribution is 2.38. The molecule has 0 saturated heterocycles. The van der Waals surface area contributed by atoms with Gasteiger partial charge in [0.25, 0.3) is 5.91 Å². The molecule has 2 atom stereocenters. The zero-order valence-corrected chi connectivity index (χ0v) is 14.8. The van der Waals surface area contributed by atoms with E-state index in [0.29, 0.717) is 12.5 Å². The summed E-state index contributed by atoms with van der Waals surface area (Å²) < 4.78 is 10.3. The van der Waals surface area contributed by atoms with E-state index in [0.717, 1.165) is 28.5 Å². The Hall–Kier alpha value is -2.56. The van der Waals surface area contributed by atoms with Gasteiger partial charge in [-0.1, -0.05) is 25.1 Å². The third-order valence-corrected chi connectivity index (χ3v) is 4.71. The second-order valence-electron chi connectivity index (χ2n) is 6.72. The first-order valence-electron chi connectivity index (χ1n) is 8.45. The molecule has 1 amide bonds. The third-order valence-electron chi connectivity index (χ3n) is 4.71. The summed E-state index contributed by atoms with van der Waals surface area (Å²) in [5, 5.41) is 2.18. The van der Waals surface area contributed by atoms with Crippen LogP contribution < -0.4 is 4.74 Å². The Kier molecular flexibility index (Phi) is 4.93. The minimum absolute atomic E-state index is 0.0180. The number of carbonyl (C=O) groups excluding carboxylic acids is 2. The highest BCUT2D eigenvalue weighted by Gasteiger charge is 2.40. The van der Waals surface area contributed by atoms with Gasteiger partial charge in [-0.05, 0) is 46.9 Å². The molecule has 0 spiro atoms. The molecule has 2 aromatic rings. The summed E-state index contributed by atoms with van der Waals surface area (Å²) in [5.41, 5.74) is 1.02. The quantitative estimate of drug-likeness (QED) is 0.758. The number of hydrogen-bond donors (Lipinski definition) is 0. The number of esters is 1. The molecule has 132 valence electrons. The van der Waals surface area contributed by atoms with E-state index in [9.17, 15) is 9.59 Å². The number of carbonyl (C=O) groups is 2. The SMILES string of the molecule is COc1ccc2cc(CN(C)C(=O)COC(=O)[C@H]3C[C@@H]3C)ccc2c1. The van der Waals surface area contributed by atoms with Crippen molar-refractivity contribution in [2.75, 3.05) is 20.8 Å². The predicted octanol–water partition coefficient (Wildman–Crippen LogP) is 3.01. The average Bonchev–Trinajstić information content (AvgIpc) is 3.35. The van der Waals surface area contributed by atoms with Crippen molar-refractivity contribution in [3.63, 3.8) is 0 Å². The van der Waals surface area contributed by atoms with Crippen molar-refractivity contribution < 1.29 is 19.1 Å². The summed E-state index contributed by atoms with van der Waals surface area (Å²) in [5.74, 6) is 0.733. The Morgan fingerprint density at radius 3 is 2.52 bits per heavy atom. The van der Waals surface area contributed by atoms with Gasteiger partial charge >= 0.3 is 5.97 Å². The monoisotopic (exact) mass is 341 g/mol. The van der Waals surface area contributed by atoms with Crippen LogP contribution in [0.25, 0.3) is 10.8 Å². The first-order chi connectivity index (χ1) is 12.0. The minimum atomic E-state index is -0.256. The molecule has 0 aromatic heterocycles. The van der Waals surface area contributed by atoms with Crippen LogP contribution in [-0.2, 0) is 20.9 Å². The fraction of sp³-hybridized carbons (Fsp3) is 0.400. The first-order valence-corrected chi connectivity index (χ1v) is 8.45. The topological polar surface area (TPSA) is 55.8 Å². The number of amides is 1. The van der Waals surface area contributed by atoms with E-state index in [4.69, 9.17) is 9.47 Å². The van der Waals surface area contributed by atoms with Crippen LogP contribution in [0.1, 0.15) is 18.9 Å². The predicted molar refractivity (Wildman–Crippen MR) is 95.2 cm³/mol. The highest BCUT2D eigenvalue weighted by atomic mass is 16.5. The van der Waals surface area contributed by atoms with Crippen LogP contribution in [0.15, 0.2) is 36.4 Å². The lowest BCUT2D eigenvalue weighted by atomic mass is 10.1. The van der Waals surface area contributed by atoms with Crippen LogP contribution in [-0.4, -0.2) is 37.5 Å².